The number of nitrogens with zero attached hydrogens (tertiary/aromatic N) is 1. The topological polar surface area (TPSA) is 73.4 Å². The molecule has 1 aliphatic heterocycles. The van der Waals surface area contributed by atoms with Crippen molar-refractivity contribution in [1.82, 2.24) is 9.29 Å². The minimum absolute atomic E-state index is 0.173. The zero-order valence-corrected chi connectivity index (χ0v) is 12.1. The summed E-state index contributed by atoms with van der Waals surface area (Å²) < 4.78 is 26.6. The van der Waals surface area contributed by atoms with Crippen LogP contribution in [0.4, 0.5) is 0 Å². The molecule has 0 amide bonds. The molecule has 2 heterocycles. The van der Waals surface area contributed by atoms with Crippen molar-refractivity contribution < 1.29 is 13.5 Å². The van der Waals surface area contributed by atoms with Gasteiger partial charge in [-0.3, -0.25) is 0 Å². The highest BCUT2D eigenvalue weighted by Crippen LogP contribution is 2.25. The predicted octanol–water partition coefficient (Wildman–Crippen LogP) is 1.71. The molecule has 1 aromatic heterocycles. The average molecular weight is 286 g/mol. The average Bonchev–Trinajstić information content (AvgIpc) is 2.76. The van der Waals surface area contributed by atoms with Gasteiger partial charge in [0.2, 0.25) is 10.0 Å². The number of sulfonamides is 1. The number of rotatable bonds is 4. The van der Waals surface area contributed by atoms with Gasteiger partial charge < -0.3 is 10.1 Å². The van der Waals surface area contributed by atoms with E-state index < -0.39 is 10.0 Å². The van der Waals surface area contributed by atoms with Gasteiger partial charge in [0, 0.05) is 25.0 Å². The van der Waals surface area contributed by atoms with Gasteiger partial charge in [-0.1, -0.05) is 13.3 Å². The second kappa shape index (κ2) is 6.07. The Balaban J connectivity index is 2.15. The zero-order chi connectivity index (χ0) is 13.9. The molecule has 19 heavy (non-hydrogen) atoms. The molecule has 1 saturated heterocycles. The minimum Gasteiger partial charge on any atom is -0.390 e. The quantitative estimate of drug-likeness (QED) is 0.885. The number of H-pyrrole nitrogens is 1. The smallest absolute Gasteiger partial charge is 0.244 e. The third-order valence-electron chi connectivity index (χ3n) is 3.91. The lowest BCUT2D eigenvalue weighted by Crippen LogP contribution is -2.31. The van der Waals surface area contributed by atoms with Crippen LogP contribution >= 0.6 is 0 Å². The molecule has 1 aliphatic rings. The van der Waals surface area contributed by atoms with Crippen molar-refractivity contribution in [3.05, 3.63) is 18.0 Å². The van der Waals surface area contributed by atoms with Crippen molar-refractivity contribution >= 4 is 10.0 Å². The highest BCUT2D eigenvalue weighted by atomic mass is 32.2. The van der Waals surface area contributed by atoms with E-state index >= 15 is 0 Å². The lowest BCUT2D eigenvalue weighted by molar-refractivity contribution is 0.277. The number of hydrogen-bond acceptors (Lipinski definition) is 3. The summed E-state index contributed by atoms with van der Waals surface area (Å²) in [7, 11) is -3.42. The lowest BCUT2D eigenvalue weighted by atomic mass is 9.98. The molecule has 5 nitrogen and oxygen atoms in total. The van der Waals surface area contributed by atoms with Crippen LogP contribution in [0, 0.1) is 5.92 Å². The molecule has 1 fully saturated rings. The largest absolute Gasteiger partial charge is 0.390 e. The Hall–Kier alpha value is -0.850. The molecule has 2 N–H and O–H groups in total. The highest BCUT2D eigenvalue weighted by molar-refractivity contribution is 7.89. The summed E-state index contributed by atoms with van der Waals surface area (Å²) in [5.74, 6) is 0.638. The molecule has 6 heteroatoms. The zero-order valence-electron chi connectivity index (χ0n) is 11.3. The van der Waals surface area contributed by atoms with E-state index in [4.69, 9.17) is 5.11 Å². The van der Waals surface area contributed by atoms with Crippen molar-refractivity contribution in [2.75, 3.05) is 13.1 Å². The van der Waals surface area contributed by atoms with Crippen LogP contribution in [0.25, 0.3) is 0 Å². The highest BCUT2D eigenvalue weighted by Gasteiger charge is 2.27. The van der Waals surface area contributed by atoms with Crippen LogP contribution in [0.5, 0.6) is 0 Å². The Morgan fingerprint density at radius 2 is 2.21 bits per heavy atom. The second-order valence-electron chi connectivity index (χ2n) is 5.13. The maximum absolute atomic E-state index is 12.5. The van der Waals surface area contributed by atoms with Crippen molar-refractivity contribution in [2.24, 2.45) is 5.92 Å². The van der Waals surface area contributed by atoms with Crippen LogP contribution < -0.4 is 0 Å². The maximum atomic E-state index is 12.5. The first-order valence-corrected chi connectivity index (χ1v) is 8.30. The summed E-state index contributed by atoms with van der Waals surface area (Å²) in [5.41, 5.74) is 0.528. The first-order chi connectivity index (χ1) is 9.07. The van der Waals surface area contributed by atoms with E-state index in [2.05, 4.69) is 11.9 Å². The maximum Gasteiger partial charge on any atom is 0.244 e. The van der Waals surface area contributed by atoms with Gasteiger partial charge in [0.25, 0.3) is 0 Å². The number of aliphatic hydroxyl groups excluding tert-OH is 1. The molecule has 0 saturated carbocycles. The van der Waals surface area contributed by atoms with Crippen molar-refractivity contribution in [2.45, 2.75) is 44.1 Å². The molecule has 2 rings (SSSR count). The van der Waals surface area contributed by atoms with Crippen LogP contribution in [-0.2, 0) is 16.6 Å². The van der Waals surface area contributed by atoms with Gasteiger partial charge in [0.1, 0.15) is 0 Å². The van der Waals surface area contributed by atoms with E-state index in [1.54, 1.807) is 4.31 Å². The number of aliphatic hydroxyl groups is 1. The van der Waals surface area contributed by atoms with E-state index in [1.165, 1.54) is 12.3 Å². The summed E-state index contributed by atoms with van der Waals surface area (Å²) in [5, 5.41) is 9.00. The van der Waals surface area contributed by atoms with Gasteiger partial charge >= 0.3 is 0 Å². The van der Waals surface area contributed by atoms with Crippen LogP contribution in [0.1, 0.15) is 38.3 Å². The van der Waals surface area contributed by atoms with Crippen LogP contribution in [0.3, 0.4) is 0 Å². The summed E-state index contributed by atoms with van der Waals surface area (Å²) in [4.78, 5) is 3.04. The van der Waals surface area contributed by atoms with Crippen LogP contribution in [-0.4, -0.2) is 35.9 Å². The Labute approximate surface area is 114 Å². The van der Waals surface area contributed by atoms with E-state index in [0.717, 1.165) is 25.7 Å². The third-order valence-corrected chi connectivity index (χ3v) is 5.78. The van der Waals surface area contributed by atoms with Gasteiger partial charge in [-0.25, -0.2) is 8.42 Å². The Bertz CT molecular complexity index is 510. The summed E-state index contributed by atoms with van der Waals surface area (Å²) in [6.07, 6.45) is 5.55. The van der Waals surface area contributed by atoms with Gasteiger partial charge in [0.15, 0.2) is 0 Å². The molecular weight excluding hydrogens is 264 g/mol. The second-order valence-corrected chi connectivity index (χ2v) is 7.07. The fraction of sp³-hybridized carbons (Fsp3) is 0.692. The molecule has 0 radical (unpaired) electrons. The SMILES string of the molecule is CCC1CCCN(S(=O)(=O)c2c[nH]c(CO)c2)CC1. The summed E-state index contributed by atoms with van der Waals surface area (Å²) in [6.45, 7) is 3.18. The van der Waals surface area contributed by atoms with Gasteiger partial charge in [-0.2, -0.15) is 4.31 Å². The van der Waals surface area contributed by atoms with E-state index in [1.807, 2.05) is 0 Å². The van der Waals surface area contributed by atoms with Crippen molar-refractivity contribution in [3.8, 4) is 0 Å². The summed E-state index contributed by atoms with van der Waals surface area (Å²) >= 11 is 0. The van der Waals surface area contributed by atoms with Crippen LogP contribution in [0.15, 0.2) is 17.2 Å². The van der Waals surface area contributed by atoms with Gasteiger partial charge in [-0.15, -0.1) is 0 Å². The molecule has 0 bridgehead atoms. The Morgan fingerprint density at radius 3 is 2.84 bits per heavy atom. The monoisotopic (exact) mass is 286 g/mol. The fourth-order valence-electron chi connectivity index (χ4n) is 2.60. The van der Waals surface area contributed by atoms with Gasteiger partial charge in [0.05, 0.1) is 11.5 Å². The van der Waals surface area contributed by atoms with Crippen molar-refractivity contribution in [1.29, 1.82) is 0 Å². The lowest BCUT2D eigenvalue weighted by Gasteiger charge is -2.19. The molecule has 1 unspecified atom stereocenters. The Morgan fingerprint density at radius 1 is 1.42 bits per heavy atom. The van der Waals surface area contributed by atoms with E-state index in [-0.39, 0.29) is 11.5 Å². The van der Waals surface area contributed by atoms with Gasteiger partial charge in [-0.05, 0) is 31.2 Å². The number of hydrogen-bond donors (Lipinski definition) is 2. The molecule has 108 valence electrons. The predicted molar refractivity (Wildman–Crippen MR) is 73.1 cm³/mol. The van der Waals surface area contributed by atoms with E-state index in [9.17, 15) is 8.42 Å². The standard InChI is InChI=1S/C13H22N2O3S/c1-2-11-4-3-6-15(7-5-11)19(17,18)13-8-12(10-16)14-9-13/h8-9,11,14,16H,2-7,10H2,1H3. The minimum atomic E-state index is -3.42. The molecule has 1 atom stereocenters. The number of aromatic amines is 1. The molecule has 0 aliphatic carbocycles. The molecule has 1 aromatic rings. The molecular formula is C13H22N2O3S. The normalized spacial score (nSPS) is 22.3. The Kier molecular flexibility index (Phi) is 4.65. The molecule has 0 spiro atoms. The number of aromatic nitrogens is 1. The van der Waals surface area contributed by atoms with Crippen LogP contribution in [0.2, 0.25) is 0 Å². The first kappa shape index (κ1) is 14.6. The first-order valence-electron chi connectivity index (χ1n) is 6.86. The third kappa shape index (κ3) is 3.19. The fourth-order valence-corrected chi connectivity index (χ4v) is 4.11. The molecule has 0 aromatic carbocycles. The number of nitrogens with one attached hydrogen (secondary N) is 1. The van der Waals surface area contributed by atoms with Crippen molar-refractivity contribution in [3.63, 3.8) is 0 Å². The van der Waals surface area contributed by atoms with E-state index in [0.29, 0.717) is 24.7 Å². The summed E-state index contributed by atoms with van der Waals surface area (Å²) in [6, 6.07) is 1.51.